The van der Waals surface area contributed by atoms with Gasteiger partial charge < -0.3 is 10.4 Å². The highest BCUT2D eigenvalue weighted by molar-refractivity contribution is 7.97. The van der Waals surface area contributed by atoms with Gasteiger partial charge in [0.15, 0.2) is 0 Å². The number of aryl methyl sites for hydroxylation is 1. The molecule has 4 rings (SSSR count). The van der Waals surface area contributed by atoms with Crippen molar-refractivity contribution in [3.05, 3.63) is 119 Å². The van der Waals surface area contributed by atoms with Gasteiger partial charge in [-0.2, -0.15) is 11.8 Å². The molecule has 0 saturated heterocycles. The first-order valence-electron chi connectivity index (χ1n) is 10.8. The first-order valence-corrected chi connectivity index (χ1v) is 12.0. The Kier molecular flexibility index (Phi) is 7.40. The van der Waals surface area contributed by atoms with E-state index in [0.29, 0.717) is 16.8 Å². The third kappa shape index (κ3) is 5.91. The summed E-state index contributed by atoms with van der Waals surface area (Å²) in [6, 6.07) is 26.9. The average molecular weight is 469 g/mol. The molecule has 0 spiro atoms. The standard InChI is InChI=1S/C28H24N2O3S/c1-19-26(28(32)33)15-24(16-29-19)22-8-5-9-23(14-22)27(31)30-25-12-10-21(11-13-25)18-34-17-20-6-3-2-4-7-20/h2-16H,17-18H2,1H3,(H,30,31)(H,32,33). The Bertz CT molecular complexity index is 1310. The zero-order valence-electron chi connectivity index (χ0n) is 18.7. The molecule has 6 heteroatoms. The summed E-state index contributed by atoms with van der Waals surface area (Å²) in [5, 5.41) is 12.3. The maximum absolute atomic E-state index is 12.8. The molecule has 5 nitrogen and oxygen atoms in total. The maximum atomic E-state index is 12.8. The molecule has 0 unspecified atom stereocenters. The number of amides is 1. The van der Waals surface area contributed by atoms with Crippen molar-refractivity contribution in [2.75, 3.05) is 5.32 Å². The lowest BCUT2D eigenvalue weighted by atomic mass is 10.0. The first-order chi connectivity index (χ1) is 16.5. The Morgan fingerprint density at radius 1 is 0.853 bits per heavy atom. The van der Waals surface area contributed by atoms with Crippen LogP contribution >= 0.6 is 11.8 Å². The summed E-state index contributed by atoms with van der Waals surface area (Å²) in [5.74, 6) is 0.600. The highest BCUT2D eigenvalue weighted by Gasteiger charge is 2.12. The second kappa shape index (κ2) is 10.8. The molecule has 0 aliphatic carbocycles. The topological polar surface area (TPSA) is 79.3 Å². The number of carboxylic acid groups (broad SMARTS) is 1. The first kappa shape index (κ1) is 23.3. The lowest BCUT2D eigenvalue weighted by Gasteiger charge is -2.09. The number of aromatic nitrogens is 1. The van der Waals surface area contributed by atoms with E-state index in [2.05, 4.69) is 22.4 Å². The van der Waals surface area contributed by atoms with Crippen molar-refractivity contribution in [1.29, 1.82) is 0 Å². The Morgan fingerprint density at radius 3 is 2.26 bits per heavy atom. The fourth-order valence-electron chi connectivity index (χ4n) is 3.50. The number of hydrogen-bond donors (Lipinski definition) is 2. The van der Waals surface area contributed by atoms with Gasteiger partial charge >= 0.3 is 5.97 Å². The smallest absolute Gasteiger partial charge is 0.337 e. The Balaban J connectivity index is 1.39. The molecule has 0 aliphatic rings. The van der Waals surface area contributed by atoms with Crippen molar-refractivity contribution in [3.63, 3.8) is 0 Å². The van der Waals surface area contributed by atoms with E-state index in [1.807, 2.05) is 60.3 Å². The molecule has 1 aromatic heterocycles. The summed E-state index contributed by atoms with van der Waals surface area (Å²) in [6.45, 7) is 1.66. The van der Waals surface area contributed by atoms with Crippen molar-refractivity contribution in [1.82, 2.24) is 4.98 Å². The van der Waals surface area contributed by atoms with E-state index in [4.69, 9.17) is 0 Å². The fourth-order valence-corrected chi connectivity index (χ4v) is 4.45. The number of pyridine rings is 1. The number of hydrogen-bond acceptors (Lipinski definition) is 4. The predicted molar refractivity (Wildman–Crippen MR) is 137 cm³/mol. The van der Waals surface area contributed by atoms with Gasteiger partial charge in [0.25, 0.3) is 5.91 Å². The van der Waals surface area contributed by atoms with Crippen LogP contribution < -0.4 is 5.32 Å². The van der Waals surface area contributed by atoms with Crippen LogP contribution in [0.2, 0.25) is 0 Å². The molecule has 4 aromatic rings. The van der Waals surface area contributed by atoms with E-state index >= 15 is 0 Å². The Labute approximate surface area is 202 Å². The van der Waals surface area contributed by atoms with Crippen molar-refractivity contribution < 1.29 is 14.7 Å². The van der Waals surface area contributed by atoms with Gasteiger partial charge in [0.1, 0.15) is 0 Å². The normalized spacial score (nSPS) is 10.6. The monoisotopic (exact) mass is 468 g/mol. The predicted octanol–water partition coefficient (Wildman–Crippen LogP) is 6.44. The molecule has 0 atom stereocenters. The minimum Gasteiger partial charge on any atom is -0.478 e. The van der Waals surface area contributed by atoms with E-state index in [1.54, 1.807) is 37.4 Å². The third-order valence-corrected chi connectivity index (χ3v) is 6.44. The maximum Gasteiger partial charge on any atom is 0.337 e. The lowest BCUT2D eigenvalue weighted by Crippen LogP contribution is -2.11. The van der Waals surface area contributed by atoms with E-state index in [1.165, 1.54) is 11.1 Å². The van der Waals surface area contributed by atoms with E-state index in [0.717, 1.165) is 22.8 Å². The molecule has 0 aliphatic heterocycles. The zero-order valence-corrected chi connectivity index (χ0v) is 19.5. The summed E-state index contributed by atoms with van der Waals surface area (Å²) in [5.41, 5.74) is 5.68. The lowest BCUT2D eigenvalue weighted by molar-refractivity contribution is 0.0695. The van der Waals surface area contributed by atoms with Crippen molar-refractivity contribution in [2.45, 2.75) is 18.4 Å². The number of carbonyl (C=O) groups excluding carboxylic acids is 1. The number of aromatic carboxylic acids is 1. The van der Waals surface area contributed by atoms with E-state index in [9.17, 15) is 14.7 Å². The van der Waals surface area contributed by atoms with Crippen molar-refractivity contribution in [2.24, 2.45) is 0 Å². The van der Waals surface area contributed by atoms with Gasteiger partial charge in [0, 0.05) is 34.5 Å². The molecule has 2 N–H and O–H groups in total. The van der Waals surface area contributed by atoms with Crippen LogP contribution in [0.4, 0.5) is 5.69 Å². The van der Waals surface area contributed by atoms with Gasteiger partial charge in [-0.3, -0.25) is 9.78 Å². The van der Waals surface area contributed by atoms with Gasteiger partial charge in [-0.1, -0.05) is 54.6 Å². The van der Waals surface area contributed by atoms with Gasteiger partial charge in [-0.15, -0.1) is 0 Å². The summed E-state index contributed by atoms with van der Waals surface area (Å²) < 4.78 is 0. The van der Waals surface area contributed by atoms with Crippen LogP contribution in [-0.2, 0) is 11.5 Å². The Morgan fingerprint density at radius 2 is 1.56 bits per heavy atom. The van der Waals surface area contributed by atoms with Crippen LogP contribution in [0.5, 0.6) is 0 Å². The molecular formula is C28H24N2O3S. The minimum absolute atomic E-state index is 0.148. The van der Waals surface area contributed by atoms with Gasteiger partial charge in [-0.25, -0.2) is 4.79 Å². The minimum atomic E-state index is -1.03. The SMILES string of the molecule is Cc1ncc(-c2cccc(C(=O)Nc3ccc(CSCc4ccccc4)cc3)c2)cc1C(=O)O. The van der Waals surface area contributed by atoms with Crippen LogP contribution in [-0.4, -0.2) is 22.0 Å². The van der Waals surface area contributed by atoms with Gasteiger partial charge in [0.05, 0.1) is 11.3 Å². The highest BCUT2D eigenvalue weighted by Crippen LogP contribution is 2.23. The second-order valence-electron chi connectivity index (χ2n) is 7.87. The van der Waals surface area contributed by atoms with Crippen LogP contribution in [0.25, 0.3) is 11.1 Å². The number of rotatable bonds is 8. The molecule has 0 radical (unpaired) electrons. The van der Waals surface area contributed by atoms with E-state index < -0.39 is 5.97 Å². The molecule has 0 bridgehead atoms. The molecule has 170 valence electrons. The summed E-state index contributed by atoms with van der Waals surface area (Å²) in [7, 11) is 0. The number of benzene rings is 3. The van der Waals surface area contributed by atoms with Crippen molar-refractivity contribution in [3.8, 4) is 11.1 Å². The molecule has 1 heterocycles. The van der Waals surface area contributed by atoms with Crippen LogP contribution in [0, 0.1) is 6.92 Å². The zero-order chi connectivity index (χ0) is 23.9. The largest absolute Gasteiger partial charge is 0.478 e. The van der Waals surface area contributed by atoms with Gasteiger partial charge in [0.2, 0.25) is 0 Å². The number of thioether (sulfide) groups is 1. The quantitative estimate of drug-likeness (QED) is 0.311. The molecular weight excluding hydrogens is 444 g/mol. The Hall–Kier alpha value is -3.90. The number of anilines is 1. The van der Waals surface area contributed by atoms with Crippen LogP contribution in [0.15, 0.2) is 91.1 Å². The number of carboxylic acids is 1. The highest BCUT2D eigenvalue weighted by atomic mass is 32.2. The number of nitrogens with one attached hydrogen (secondary N) is 1. The van der Waals surface area contributed by atoms with E-state index in [-0.39, 0.29) is 11.5 Å². The molecule has 3 aromatic carbocycles. The van der Waals surface area contributed by atoms with Crippen LogP contribution in [0.1, 0.15) is 37.5 Å². The molecule has 0 fully saturated rings. The summed E-state index contributed by atoms with van der Waals surface area (Å²) in [6.07, 6.45) is 1.62. The number of carbonyl (C=O) groups is 2. The van der Waals surface area contributed by atoms with Gasteiger partial charge in [-0.05, 0) is 53.9 Å². The van der Waals surface area contributed by atoms with Crippen molar-refractivity contribution >= 4 is 29.3 Å². The number of nitrogens with zero attached hydrogens (tertiary/aromatic N) is 1. The van der Waals surface area contributed by atoms with Crippen LogP contribution in [0.3, 0.4) is 0 Å². The fraction of sp³-hybridized carbons (Fsp3) is 0.107. The second-order valence-corrected chi connectivity index (χ2v) is 8.86. The summed E-state index contributed by atoms with van der Waals surface area (Å²) >= 11 is 1.85. The summed E-state index contributed by atoms with van der Waals surface area (Å²) in [4.78, 5) is 28.4. The third-order valence-electron chi connectivity index (χ3n) is 5.37. The molecule has 34 heavy (non-hydrogen) atoms. The molecule has 1 amide bonds. The average Bonchev–Trinajstić information content (AvgIpc) is 2.86. The molecule has 0 saturated carbocycles.